The molecule has 0 radical (unpaired) electrons. The van der Waals surface area contributed by atoms with Crippen LogP contribution in [0.25, 0.3) is 10.9 Å². The monoisotopic (exact) mass is 288 g/mol. The number of hydrogen-bond donors (Lipinski definition) is 2. The summed E-state index contributed by atoms with van der Waals surface area (Å²) in [5.41, 5.74) is 1.71. The quantitative estimate of drug-likeness (QED) is 0.769. The number of carbonyl (C=O) groups excluding carboxylic acids is 1. The Balaban J connectivity index is 1.87. The van der Waals surface area contributed by atoms with E-state index >= 15 is 0 Å². The molecule has 1 aromatic carbocycles. The van der Waals surface area contributed by atoms with Gasteiger partial charge >= 0.3 is 5.97 Å². The maximum Gasteiger partial charge on any atom is 0.303 e. The molecule has 5 nitrogen and oxygen atoms in total. The summed E-state index contributed by atoms with van der Waals surface area (Å²) >= 11 is 0. The summed E-state index contributed by atoms with van der Waals surface area (Å²) in [4.78, 5) is 22.6. The van der Waals surface area contributed by atoms with Gasteiger partial charge in [-0.25, -0.2) is 0 Å². The molecule has 0 fully saturated rings. The molecule has 2 N–H and O–H groups in total. The summed E-state index contributed by atoms with van der Waals surface area (Å²) in [6.07, 6.45) is 4.38. The lowest BCUT2D eigenvalue weighted by molar-refractivity contribution is -0.137. The predicted molar refractivity (Wildman–Crippen MR) is 81.4 cm³/mol. The van der Waals surface area contributed by atoms with Crippen molar-refractivity contribution in [3.63, 3.8) is 0 Å². The number of aliphatic carboxylic acids is 1. The molecule has 1 amide bonds. The number of rotatable bonds is 7. The Morgan fingerprint density at radius 2 is 2.00 bits per heavy atom. The average Bonchev–Trinajstić information content (AvgIpc) is 2.84. The van der Waals surface area contributed by atoms with Crippen LogP contribution in [-0.2, 0) is 11.8 Å². The highest BCUT2D eigenvalue weighted by atomic mass is 16.4. The normalized spacial score (nSPS) is 10.7. The number of amides is 1. The number of aryl methyl sites for hydroxylation is 1. The Labute approximate surface area is 123 Å². The number of fused-ring (bicyclic) bond motifs is 1. The van der Waals surface area contributed by atoms with Crippen LogP contribution < -0.4 is 5.32 Å². The molecule has 0 aliphatic heterocycles. The molecular formula is C16H20N2O3. The van der Waals surface area contributed by atoms with Crippen molar-refractivity contribution in [2.45, 2.75) is 25.7 Å². The molecule has 0 bridgehead atoms. The smallest absolute Gasteiger partial charge is 0.303 e. The van der Waals surface area contributed by atoms with Crippen molar-refractivity contribution in [1.29, 1.82) is 0 Å². The van der Waals surface area contributed by atoms with Crippen LogP contribution in [0.2, 0.25) is 0 Å². The van der Waals surface area contributed by atoms with Crippen molar-refractivity contribution in [2.75, 3.05) is 6.54 Å². The maximum absolute atomic E-state index is 12.2. The lowest BCUT2D eigenvalue weighted by Crippen LogP contribution is -2.24. The molecule has 21 heavy (non-hydrogen) atoms. The molecule has 5 heteroatoms. The molecule has 0 unspecified atom stereocenters. The van der Waals surface area contributed by atoms with Gasteiger partial charge in [-0.05, 0) is 31.0 Å². The summed E-state index contributed by atoms with van der Waals surface area (Å²) in [7, 11) is 1.95. The van der Waals surface area contributed by atoms with E-state index in [1.807, 2.05) is 42.1 Å². The van der Waals surface area contributed by atoms with E-state index in [1.165, 1.54) is 0 Å². The number of carbonyl (C=O) groups is 2. The molecule has 0 saturated heterocycles. The fraction of sp³-hybridized carbons (Fsp3) is 0.375. The highest BCUT2D eigenvalue weighted by Crippen LogP contribution is 2.19. The van der Waals surface area contributed by atoms with Crippen molar-refractivity contribution in [3.05, 3.63) is 36.0 Å². The predicted octanol–water partition coefficient (Wildman–Crippen LogP) is 2.55. The van der Waals surface area contributed by atoms with Crippen LogP contribution in [0.15, 0.2) is 30.5 Å². The van der Waals surface area contributed by atoms with Crippen molar-refractivity contribution in [2.24, 2.45) is 7.05 Å². The number of carboxylic acid groups (broad SMARTS) is 1. The van der Waals surface area contributed by atoms with Gasteiger partial charge in [-0.15, -0.1) is 0 Å². The van der Waals surface area contributed by atoms with Crippen LogP contribution in [0.4, 0.5) is 0 Å². The number of benzene rings is 1. The second-order valence-corrected chi connectivity index (χ2v) is 5.13. The second kappa shape index (κ2) is 6.92. The first-order chi connectivity index (χ1) is 10.1. The lowest BCUT2D eigenvalue weighted by Gasteiger charge is -2.06. The third-order valence-corrected chi connectivity index (χ3v) is 3.53. The minimum absolute atomic E-state index is 0.0787. The Morgan fingerprint density at radius 1 is 1.19 bits per heavy atom. The van der Waals surface area contributed by atoms with Crippen molar-refractivity contribution >= 4 is 22.8 Å². The third kappa shape index (κ3) is 3.84. The molecule has 0 spiro atoms. The summed E-state index contributed by atoms with van der Waals surface area (Å²) in [6.45, 7) is 0.571. The Kier molecular flexibility index (Phi) is 4.98. The first-order valence-corrected chi connectivity index (χ1v) is 7.13. The highest BCUT2D eigenvalue weighted by molar-refractivity contribution is 6.06. The van der Waals surface area contributed by atoms with Crippen LogP contribution in [0, 0.1) is 0 Å². The third-order valence-electron chi connectivity index (χ3n) is 3.53. The summed E-state index contributed by atoms with van der Waals surface area (Å²) in [6, 6.07) is 7.63. The molecule has 0 saturated carbocycles. The number of aromatic nitrogens is 1. The summed E-state index contributed by atoms with van der Waals surface area (Å²) in [5.74, 6) is -0.847. The van der Waals surface area contributed by atoms with Crippen molar-refractivity contribution < 1.29 is 14.7 Å². The highest BCUT2D eigenvalue weighted by Gasteiger charge is 2.10. The lowest BCUT2D eigenvalue weighted by atomic mass is 10.1. The fourth-order valence-electron chi connectivity index (χ4n) is 2.38. The van der Waals surface area contributed by atoms with Gasteiger partial charge in [0.2, 0.25) is 0 Å². The van der Waals surface area contributed by atoms with Gasteiger partial charge in [0.15, 0.2) is 0 Å². The topological polar surface area (TPSA) is 71.3 Å². The van der Waals surface area contributed by atoms with Gasteiger partial charge in [0.25, 0.3) is 5.91 Å². The van der Waals surface area contributed by atoms with E-state index < -0.39 is 5.97 Å². The first-order valence-electron chi connectivity index (χ1n) is 7.13. The molecule has 0 atom stereocenters. The van der Waals surface area contributed by atoms with E-state index in [-0.39, 0.29) is 12.3 Å². The zero-order valence-corrected chi connectivity index (χ0v) is 12.1. The van der Waals surface area contributed by atoms with E-state index in [0.29, 0.717) is 18.5 Å². The minimum atomic E-state index is -0.769. The first kappa shape index (κ1) is 15.1. The standard InChI is InChI=1S/C16H20N2O3/c1-18-11-9-12-13(6-5-7-14(12)18)16(21)17-10-4-2-3-8-15(19)20/h5-7,9,11H,2-4,8,10H2,1H3,(H,17,21)(H,19,20). The molecule has 1 aromatic heterocycles. The molecule has 0 aliphatic carbocycles. The molecule has 2 rings (SSSR count). The van der Waals surface area contributed by atoms with Gasteiger partial charge in [-0.3, -0.25) is 9.59 Å². The Bertz CT molecular complexity index is 646. The van der Waals surface area contributed by atoms with Gasteiger partial charge in [0.05, 0.1) is 0 Å². The Morgan fingerprint density at radius 3 is 2.76 bits per heavy atom. The SMILES string of the molecule is Cn1ccc2c(C(=O)NCCCCCC(=O)O)cccc21. The van der Waals surface area contributed by atoms with E-state index in [1.54, 1.807) is 0 Å². The van der Waals surface area contributed by atoms with Crippen molar-refractivity contribution in [3.8, 4) is 0 Å². The Hall–Kier alpha value is -2.30. The number of nitrogens with one attached hydrogen (secondary N) is 1. The van der Waals surface area contributed by atoms with E-state index in [2.05, 4.69) is 5.32 Å². The van der Waals surface area contributed by atoms with E-state index in [0.717, 1.165) is 23.7 Å². The van der Waals surface area contributed by atoms with Gasteiger partial charge in [0, 0.05) is 42.7 Å². The van der Waals surface area contributed by atoms with Gasteiger partial charge in [-0.1, -0.05) is 12.5 Å². The van der Waals surface area contributed by atoms with Crippen LogP contribution >= 0.6 is 0 Å². The van der Waals surface area contributed by atoms with Crippen LogP contribution in [0.3, 0.4) is 0 Å². The zero-order valence-electron chi connectivity index (χ0n) is 12.1. The summed E-state index contributed by atoms with van der Waals surface area (Å²) in [5, 5.41) is 12.4. The van der Waals surface area contributed by atoms with E-state index in [9.17, 15) is 9.59 Å². The van der Waals surface area contributed by atoms with Gasteiger partial charge in [0.1, 0.15) is 0 Å². The number of unbranched alkanes of at least 4 members (excludes halogenated alkanes) is 2. The van der Waals surface area contributed by atoms with Crippen LogP contribution in [0.1, 0.15) is 36.0 Å². The van der Waals surface area contributed by atoms with Crippen LogP contribution in [-0.4, -0.2) is 28.1 Å². The molecule has 1 heterocycles. The van der Waals surface area contributed by atoms with E-state index in [4.69, 9.17) is 5.11 Å². The summed E-state index contributed by atoms with van der Waals surface area (Å²) < 4.78 is 1.98. The molecule has 112 valence electrons. The minimum Gasteiger partial charge on any atom is -0.481 e. The average molecular weight is 288 g/mol. The second-order valence-electron chi connectivity index (χ2n) is 5.13. The number of carboxylic acids is 1. The number of hydrogen-bond acceptors (Lipinski definition) is 2. The molecule has 2 aromatic rings. The largest absolute Gasteiger partial charge is 0.481 e. The van der Waals surface area contributed by atoms with Crippen LogP contribution in [0.5, 0.6) is 0 Å². The maximum atomic E-state index is 12.2. The van der Waals surface area contributed by atoms with Gasteiger partial charge in [-0.2, -0.15) is 0 Å². The number of nitrogens with zero attached hydrogens (tertiary/aromatic N) is 1. The molecular weight excluding hydrogens is 268 g/mol. The zero-order chi connectivity index (χ0) is 15.2. The molecule has 0 aliphatic rings. The van der Waals surface area contributed by atoms with Gasteiger partial charge < -0.3 is 15.0 Å². The van der Waals surface area contributed by atoms with Crippen molar-refractivity contribution in [1.82, 2.24) is 9.88 Å². The fourth-order valence-corrected chi connectivity index (χ4v) is 2.38.